The first-order valence-corrected chi connectivity index (χ1v) is 12.3. The largest absolute Gasteiger partial charge is 0.496 e. The van der Waals surface area contributed by atoms with Gasteiger partial charge in [0.05, 0.1) is 29.2 Å². The molecule has 1 heterocycles. The minimum atomic E-state index is -0.627. The molecule has 4 aromatic rings. The van der Waals surface area contributed by atoms with Gasteiger partial charge in [0.1, 0.15) is 12.4 Å². The fourth-order valence-electron chi connectivity index (χ4n) is 4.19. The summed E-state index contributed by atoms with van der Waals surface area (Å²) in [5.74, 6) is 3.33. The van der Waals surface area contributed by atoms with Crippen LogP contribution in [0.1, 0.15) is 36.5 Å². The second-order valence-corrected chi connectivity index (χ2v) is 9.41. The van der Waals surface area contributed by atoms with E-state index in [0.717, 1.165) is 22.9 Å². The molecule has 0 N–H and O–H groups in total. The fraction of sp³-hybridized carbons (Fsp3) is 0.207. The molecule has 39 heavy (non-hydrogen) atoms. The Balaban J connectivity index is 2.01. The summed E-state index contributed by atoms with van der Waals surface area (Å²) in [5, 5.41) is 16.6. The van der Waals surface area contributed by atoms with Crippen molar-refractivity contribution in [1.82, 2.24) is 9.66 Å². The molecule has 9 nitrogen and oxygen atoms in total. The van der Waals surface area contributed by atoms with Crippen LogP contribution in [0, 0.1) is 29.4 Å². The second kappa shape index (κ2) is 11.4. The van der Waals surface area contributed by atoms with Gasteiger partial charge in [-0.05, 0) is 54.3 Å². The maximum atomic E-state index is 13.7. The normalized spacial score (nSPS) is 11.2. The lowest BCUT2D eigenvalue weighted by Crippen LogP contribution is -2.21. The Bertz CT molecular complexity index is 1720. The molecule has 1 aromatic heterocycles. The number of para-hydroxylation sites is 1. The Morgan fingerprint density at radius 2 is 2.00 bits per heavy atom. The minimum absolute atomic E-state index is 0.0907. The van der Waals surface area contributed by atoms with Crippen LogP contribution in [-0.4, -0.2) is 34.5 Å². The van der Waals surface area contributed by atoms with E-state index in [2.05, 4.69) is 11.0 Å². The summed E-state index contributed by atoms with van der Waals surface area (Å²) in [6.07, 6.45) is 6.58. The molecule has 0 radical (unpaired) electrons. The Morgan fingerprint density at radius 3 is 2.67 bits per heavy atom. The van der Waals surface area contributed by atoms with Crippen molar-refractivity contribution in [2.75, 3.05) is 13.7 Å². The second-order valence-electron chi connectivity index (χ2n) is 8.97. The zero-order chi connectivity index (χ0) is 28.3. The predicted octanol–water partition coefficient (Wildman–Crippen LogP) is 5.96. The molecule has 0 aliphatic carbocycles. The SMILES string of the molecule is C#CCOc1c(C=Nn2c(-c3cc(C(C)C)c(OC)cc3C)nc3ccccc3c2=O)cc(Cl)cc1[N+](=O)[O-]. The number of halogens is 1. The van der Waals surface area contributed by atoms with Crippen molar-refractivity contribution in [2.45, 2.75) is 26.7 Å². The summed E-state index contributed by atoms with van der Waals surface area (Å²) >= 11 is 6.16. The van der Waals surface area contributed by atoms with Gasteiger partial charge in [-0.25, -0.2) is 4.98 Å². The average molecular weight is 545 g/mol. The highest BCUT2D eigenvalue weighted by atomic mass is 35.5. The number of aromatic nitrogens is 2. The molecule has 0 aliphatic heterocycles. The van der Waals surface area contributed by atoms with Crippen LogP contribution < -0.4 is 15.0 Å². The Hall–Kier alpha value is -4.68. The monoisotopic (exact) mass is 544 g/mol. The first-order valence-electron chi connectivity index (χ1n) is 12.0. The van der Waals surface area contributed by atoms with Gasteiger partial charge in [0, 0.05) is 22.2 Å². The molecule has 0 bridgehead atoms. The number of aryl methyl sites for hydroxylation is 1. The number of nitro benzene ring substituents is 1. The van der Waals surface area contributed by atoms with Crippen molar-refractivity contribution in [3.8, 4) is 35.2 Å². The van der Waals surface area contributed by atoms with E-state index in [-0.39, 0.29) is 34.5 Å². The van der Waals surface area contributed by atoms with E-state index in [1.165, 1.54) is 17.0 Å². The quantitative estimate of drug-likeness (QED) is 0.117. The van der Waals surface area contributed by atoms with Crippen LogP contribution in [0.15, 0.2) is 58.4 Å². The summed E-state index contributed by atoms with van der Waals surface area (Å²) < 4.78 is 12.2. The number of hydrogen-bond acceptors (Lipinski definition) is 7. The summed E-state index contributed by atoms with van der Waals surface area (Å²) in [6.45, 7) is 5.76. The number of nitro groups is 1. The van der Waals surface area contributed by atoms with Crippen LogP contribution in [0.3, 0.4) is 0 Å². The van der Waals surface area contributed by atoms with Gasteiger partial charge in [-0.1, -0.05) is 43.5 Å². The van der Waals surface area contributed by atoms with Crippen LogP contribution in [0.25, 0.3) is 22.3 Å². The fourth-order valence-corrected chi connectivity index (χ4v) is 4.42. The predicted molar refractivity (Wildman–Crippen MR) is 152 cm³/mol. The molecule has 0 aliphatic rings. The van der Waals surface area contributed by atoms with E-state index >= 15 is 0 Å². The first kappa shape index (κ1) is 27.4. The van der Waals surface area contributed by atoms with Gasteiger partial charge >= 0.3 is 5.69 Å². The number of terminal acetylenes is 1. The molecule has 0 amide bonds. The highest BCUT2D eigenvalue weighted by Crippen LogP contribution is 2.35. The number of methoxy groups -OCH3 is 1. The Morgan fingerprint density at radius 1 is 1.26 bits per heavy atom. The van der Waals surface area contributed by atoms with E-state index in [1.54, 1.807) is 31.4 Å². The average Bonchev–Trinajstić information content (AvgIpc) is 2.91. The van der Waals surface area contributed by atoms with Crippen LogP contribution in [0.5, 0.6) is 11.5 Å². The van der Waals surface area contributed by atoms with Gasteiger partial charge in [-0.2, -0.15) is 9.78 Å². The third kappa shape index (κ3) is 5.47. The highest BCUT2D eigenvalue weighted by molar-refractivity contribution is 6.31. The lowest BCUT2D eigenvalue weighted by Gasteiger charge is -2.17. The van der Waals surface area contributed by atoms with Crippen molar-refractivity contribution >= 4 is 34.4 Å². The van der Waals surface area contributed by atoms with Gasteiger partial charge in [0.15, 0.2) is 5.82 Å². The van der Waals surface area contributed by atoms with Crippen LogP contribution in [0.2, 0.25) is 5.02 Å². The zero-order valence-electron chi connectivity index (χ0n) is 21.8. The molecule has 4 rings (SSSR count). The summed E-state index contributed by atoms with van der Waals surface area (Å²) in [7, 11) is 1.61. The van der Waals surface area contributed by atoms with E-state index in [4.69, 9.17) is 32.5 Å². The number of hydrogen-bond donors (Lipinski definition) is 0. The number of ether oxygens (including phenoxy) is 2. The molecule has 10 heteroatoms. The standard InChI is InChI=1S/C29H25ClN4O5/c1-6-11-39-27-19(13-20(30)14-25(27)34(36)37)16-31-33-28(32-24-10-8-7-9-21(24)29(33)35)23-15-22(17(2)3)26(38-5)12-18(23)4/h1,7-10,12-17H,11H2,2-5H3. The van der Waals surface area contributed by atoms with E-state index in [1.807, 2.05) is 32.9 Å². The van der Waals surface area contributed by atoms with Crippen LogP contribution in [-0.2, 0) is 0 Å². The molecule has 0 atom stereocenters. The van der Waals surface area contributed by atoms with Gasteiger partial charge in [-0.3, -0.25) is 14.9 Å². The lowest BCUT2D eigenvalue weighted by molar-refractivity contribution is -0.385. The molecular formula is C29H25ClN4O5. The van der Waals surface area contributed by atoms with Gasteiger partial charge in [-0.15, -0.1) is 6.42 Å². The van der Waals surface area contributed by atoms with Crippen LogP contribution in [0.4, 0.5) is 5.69 Å². The first-order chi connectivity index (χ1) is 18.7. The van der Waals surface area contributed by atoms with Crippen molar-refractivity contribution in [1.29, 1.82) is 0 Å². The Kier molecular flexibility index (Phi) is 7.98. The lowest BCUT2D eigenvalue weighted by atomic mass is 9.96. The molecule has 0 spiro atoms. The molecule has 198 valence electrons. The van der Waals surface area contributed by atoms with E-state index < -0.39 is 10.5 Å². The van der Waals surface area contributed by atoms with Crippen molar-refractivity contribution in [3.05, 3.63) is 90.7 Å². The third-order valence-electron chi connectivity index (χ3n) is 6.07. The third-order valence-corrected chi connectivity index (χ3v) is 6.28. The number of rotatable bonds is 8. The molecule has 0 saturated carbocycles. The van der Waals surface area contributed by atoms with E-state index in [0.29, 0.717) is 22.3 Å². The molecule has 3 aromatic carbocycles. The van der Waals surface area contributed by atoms with Crippen molar-refractivity contribution in [2.24, 2.45) is 5.10 Å². The van der Waals surface area contributed by atoms with Gasteiger partial charge in [0.2, 0.25) is 5.75 Å². The zero-order valence-corrected chi connectivity index (χ0v) is 22.5. The molecule has 0 unspecified atom stereocenters. The number of benzene rings is 3. The number of fused-ring (bicyclic) bond motifs is 1. The van der Waals surface area contributed by atoms with Crippen LogP contribution >= 0.6 is 11.6 Å². The van der Waals surface area contributed by atoms with Gasteiger partial charge < -0.3 is 9.47 Å². The Labute approximate surface area is 229 Å². The van der Waals surface area contributed by atoms with Crippen molar-refractivity contribution in [3.63, 3.8) is 0 Å². The molecular weight excluding hydrogens is 520 g/mol. The van der Waals surface area contributed by atoms with E-state index in [9.17, 15) is 14.9 Å². The van der Waals surface area contributed by atoms with Gasteiger partial charge in [0.25, 0.3) is 5.56 Å². The maximum Gasteiger partial charge on any atom is 0.313 e. The molecule has 0 saturated heterocycles. The summed E-state index contributed by atoms with van der Waals surface area (Å²) in [4.78, 5) is 29.5. The summed E-state index contributed by atoms with van der Waals surface area (Å²) in [6, 6.07) is 13.4. The van der Waals surface area contributed by atoms with Crippen molar-refractivity contribution < 1.29 is 14.4 Å². The minimum Gasteiger partial charge on any atom is -0.496 e. The topological polar surface area (TPSA) is 109 Å². The smallest absolute Gasteiger partial charge is 0.313 e. The maximum absolute atomic E-state index is 13.7. The molecule has 0 fully saturated rings. The highest BCUT2D eigenvalue weighted by Gasteiger charge is 2.22. The summed E-state index contributed by atoms with van der Waals surface area (Å²) in [5.41, 5.74) is 2.31. The number of nitrogens with zero attached hydrogens (tertiary/aromatic N) is 4.